The van der Waals surface area contributed by atoms with Gasteiger partial charge in [0.2, 0.25) is 11.8 Å². The molecule has 9 heteroatoms. The normalized spacial score (nSPS) is 16.2. The Morgan fingerprint density at radius 2 is 1.87 bits per heavy atom. The molecule has 0 aromatic heterocycles. The van der Waals surface area contributed by atoms with Crippen molar-refractivity contribution in [2.24, 2.45) is 0 Å². The first kappa shape index (κ1) is 22.6. The number of amides is 2. The van der Waals surface area contributed by atoms with Crippen molar-refractivity contribution in [1.82, 2.24) is 10.6 Å². The number of ether oxygens (including phenoxy) is 1. The maximum absolute atomic E-state index is 12.6. The summed E-state index contributed by atoms with van der Waals surface area (Å²) < 4.78 is 5.81. The van der Waals surface area contributed by atoms with E-state index < -0.39 is 23.8 Å². The Labute approximate surface area is 184 Å². The van der Waals surface area contributed by atoms with E-state index in [1.807, 2.05) is 30.3 Å². The van der Waals surface area contributed by atoms with Crippen molar-refractivity contribution in [1.29, 1.82) is 0 Å². The Bertz CT molecular complexity index is 909. The lowest BCUT2D eigenvalue weighted by molar-refractivity contribution is -0.137. The second-order valence-electron chi connectivity index (χ2n) is 6.92. The van der Waals surface area contributed by atoms with Crippen LogP contribution in [0.5, 0.6) is 0 Å². The van der Waals surface area contributed by atoms with Crippen LogP contribution in [0.15, 0.2) is 59.5 Å². The topological polar surface area (TPSA) is 117 Å². The minimum Gasteiger partial charge on any atom is -0.481 e. The number of rotatable bonds is 9. The molecule has 0 spiro atoms. The Balaban J connectivity index is 1.57. The molecule has 2 atom stereocenters. The van der Waals surface area contributed by atoms with E-state index in [9.17, 15) is 14.4 Å². The molecule has 164 valence electrons. The second-order valence-corrected chi connectivity index (χ2v) is 8.12. The van der Waals surface area contributed by atoms with Crippen molar-refractivity contribution in [2.75, 3.05) is 25.0 Å². The van der Waals surface area contributed by atoms with Crippen molar-refractivity contribution in [3.8, 4) is 0 Å². The number of para-hydroxylation sites is 1. The third-order valence-corrected chi connectivity index (χ3v) is 5.82. The molecule has 2 amide bonds. The highest BCUT2D eigenvalue weighted by atomic mass is 32.2. The van der Waals surface area contributed by atoms with Gasteiger partial charge >= 0.3 is 5.97 Å². The van der Waals surface area contributed by atoms with Crippen molar-refractivity contribution < 1.29 is 24.2 Å². The van der Waals surface area contributed by atoms with Gasteiger partial charge in [0.15, 0.2) is 0 Å². The maximum atomic E-state index is 12.6. The van der Waals surface area contributed by atoms with Gasteiger partial charge in [0, 0.05) is 30.1 Å². The number of hydrogen-bond donors (Lipinski definition) is 4. The Hall–Kier alpha value is -3.04. The molecule has 1 aliphatic rings. The van der Waals surface area contributed by atoms with Crippen LogP contribution >= 0.6 is 11.8 Å². The summed E-state index contributed by atoms with van der Waals surface area (Å²) in [5.74, 6) is -1.90. The first-order valence-corrected chi connectivity index (χ1v) is 10.9. The van der Waals surface area contributed by atoms with Gasteiger partial charge in [0.1, 0.15) is 18.1 Å². The molecule has 2 aromatic rings. The van der Waals surface area contributed by atoms with Crippen molar-refractivity contribution in [3.63, 3.8) is 0 Å². The summed E-state index contributed by atoms with van der Waals surface area (Å²) in [6, 6.07) is 15.8. The second kappa shape index (κ2) is 11.4. The molecular formula is C22H25N3O5S. The number of carboxylic acid groups (broad SMARTS) is 1. The number of anilines is 1. The summed E-state index contributed by atoms with van der Waals surface area (Å²) in [6.45, 7) is 0.523. The first-order valence-electron chi connectivity index (χ1n) is 9.98. The van der Waals surface area contributed by atoms with E-state index in [1.54, 1.807) is 36.0 Å². The van der Waals surface area contributed by atoms with E-state index in [-0.39, 0.29) is 25.0 Å². The Morgan fingerprint density at radius 3 is 2.65 bits per heavy atom. The molecule has 8 nitrogen and oxygen atoms in total. The van der Waals surface area contributed by atoms with Crippen LogP contribution in [0.1, 0.15) is 24.4 Å². The van der Waals surface area contributed by atoms with Crippen molar-refractivity contribution in [3.05, 3.63) is 60.2 Å². The zero-order valence-corrected chi connectivity index (χ0v) is 17.7. The molecule has 0 saturated heterocycles. The molecule has 3 rings (SSSR count). The maximum Gasteiger partial charge on any atom is 0.305 e. The van der Waals surface area contributed by atoms with Gasteiger partial charge in [0.25, 0.3) is 0 Å². The van der Waals surface area contributed by atoms with Crippen LogP contribution in [-0.2, 0) is 19.1 Å². The van der Waals surface area contributed by atoms with Crippen LogP contribution in [0, 0.1) is 0 Å². The SMILES string of the molecule is O=C(O)CCNC(=O)[C@H](NC(=O)COC1CCNc2ccccc2S1)c1ccccc1. The molecule has 2 aromatic carbocycles. The fourth-order valence-electron chi connectivity index (χ4n) is 3.07. The van der Waals surface area contributed by atoms with Crippen LogP contribution in [0.25, 0.3) is 0 Å². The van der Waals surface area contributed by atoms with Crippen LogP contribution < -0.4 is 16.0 Å². The summed E-state index contributed by atoms with van der Waals surface area (Å²) in [6.07, 6.45) is 0.531. The molecule has 0 saturated carbocycles. The molecule has 31 heavy (non-hydrogen) atoms. The van der Waals surface area contributed by atoms with Gasteiger partial charge in [-0.15, -0.1) is 0 Å². The van der Waals surface area contributed by atoms with Crippen molar-refractivity contribution in [2.45, 2.75) is 29.2 Å². The molecule has 0 fully saturated rings. The quantitative estimate of drug-likeness (QED) is 0.470. The molecule has 0 bridgehead atoms. The number of carbonyl (C=O) groups is 3. The van der Waals surface area contributed by atoms with Gasteiger partial charge < -0.3 is 25.8 Å². The number of benzene rings is 2. The van der Waals surface area contributed by atoms with E-state index in [1.165, 1.54) is 0 Å². The van der Waals surface area contributed by atoms with Gasteiger partial charge in [-0.05, 0) is 17.7 Å². The summed E-state index contributed by atoms with van der Waals surface area (Å²) in [5.41, 5.74) is 1.46. The number of hydrogen-bond acceptors (Lipinski definition) is 6. The number of nitrogens with one attached hydrogen (secondary N) is 3. The van der Waals surface area contributed by atoms with Gasteiger partial charge in [0.05, 0.1) is 6.42 Å². The fourth-order valence-corrected chi connectivity index (χ4v) is 4.15. The largest absolute Gasteiger partial charge is 0.481 e. The van der Waals surface area contributed by atoms with E-state index in [0.29, 0.717) is 5.56 Å². The Kier molecular flexibility index (Phi) is 8.31. The highest BCUT2D eigenvalue weighted by Gasteiger charge is 2.24. The number of carbonyl (C=O) groups excluding carboxylic acids is 2. The van der Waals surface area contributed by atoms with Gasteiger partial charge in [-0.2, -0.15) is 0 Å². The van der Waals surface area contributed by atoms with Crippen LogP contribution in [0.2, 0.25) is 0 Å². The molecular weight excluding hydrogens is 418 g/mol. The van der Waals surface area contributed by atoms with E-state index in [4.69, 9.17) is 9.84 Å². The van der Waals surface area contributed by atoms with E-state index >= 15 is 0 Å². The van der Waals surface area contributed by atoms with Crippen molar-refractivity contribution >= 4 is 35.2 Å². The summed E-state index contributed by atoms with van der Waals surface area (Å²) in [7, 11) is 0. The summed E-state index contributed by atoms with van der Waals surface area (Å²) in [4.78, 5) is 36.9. The Morgan fingerprint density at radius 1 is 1.13 bits per heavy atom. The summed E-state index contributed by atoms with van der Waals surface area (Å²) >= 11 is 1.56. The minimum atomic E-state index is -1.01. The third kappa shape index (κ3) is 7.01. The fraction of sp³-hybridized carbons (Fsp3) is 0.318. The average molecular weight is 444 g/mol. The third-order valence-electron chi connectivity index (χ3n) is 4.58. The van der Waals surface area contributed by atoms with E-state index in [0.717, 1.165) is 23.5 Å². The predicted octanol–water partition coefficient (Wildman–Crippen LogP) is 2.39. The molecule has 1 unspecified atom stereocenters. The zero-order chi connectivity index (χ0) is 22.1. The van der Waals surface area contributed by atoms with E-state index in [2.05, 4.69) is 16.0 Å². The van der Waals surface area contributed by atoms with Crippen LogP contribution in [-0.4, -0.2) is 48.0 Å². The van der Waals surface area contributed by atoms with Gasteiger partial charge in [-0.25, -0.2) is 0 Å². The predicted molar refractivity (Wildman–Crippen MR) is 118 cm³/mol. The molecule has 1 heterocycles. The summed E-state index contributed by atoms with van der Waals surface area (Å²) in [5, 5.41) is 17.4. The number of aliphatic carboxylic acids is 1. The average Bonchev–Trinajstić information content (AvgIpc) is 2.98. The number of carboxylic acids is 1. The zero-order valence-electron chi connectivity index (χ0n) is 16.9. The van der Waals surface area contributed by atoms with Crippen LogP contribution in [0.3, 0.4) is 0 Å². The van der Waals surface area contributed by atoms with Crippen LogP contribution in [0.4, 0.5) is 5.69 Å². The standard InChI is InChI=1S/C22H25N3O5S/c26-18(14-30-20-11-13-23-16-8-4-5-9-17(16)31-20)25-21(15-6-2-1-3-7-15)22(29)24-12-10-19(27)28/h1-9,20-21,23H,10-14H2,(H,24,29)(H,25,26)(H,27,28)/t20?,21-/m1/s1. The lowest BCUT2D eigenvalue weighted by Gasteiger charge is -2.20. The lowest BCUT2D eigenvalue weighted by atomic mass is 10.1. The number of fused-ring (bicyclic) bond motifs is 1. The highest BCUT2D eigenvalue weighted by Crippen LogP contribution is 2.34. The van der Waals surface area contributed by atoms with Gasteiger partial charge in [-0.3, -0.25) is 14.4 Å². The first-order chi connectivity index (χ1) is 15.0. The monoisotopic (exact) mass is 443 g/mol. The van der Waals surface area contributed by atoms with Gasteiger partial charge in [-0.1, -0.05) is 54.2 Å². The minimum absolute atomic E-state index is 0.0189. The molecule has 1 aliphatic heterocycles. The molecule has 0 aliphatic carbocycles. The highest BCUT2D eigenvalue weighted by molar-refractivity contribution is 8.00. The molecule has 0 radical (unpaired) electrons. The number of thioether (sulfide) groups is 1. The lowest BCUT2D eigenvalue weighted by Crippen LogP contribution is -2.42. The smallest absolute Gasteiger partial charge is 0.305 e. The molecule has 4 N–H and O–H groups in total.